The van der Waals surface area contributed by atoms with E-state index in [0.717, 1.165) is 31.7 Å². The number of rotatable bonds is 1. The van der Waals surface area contributed by atoms with Gasteiger partial charge in [0.05, 0.1) is 0 Å². The minimum atomic E-state index is -4.33. The molecule has 0 saturated heterocycles. The predicted octanol–water partition coefficient (Wildman–Crippen LogP) is 3.48. The van der Waals surface area contributed by atoms with Crippen molar-refractivity contribution in [3.63, 3.8) is 0 Å². The van der Waals surface area contributed by atoms with E-state index in [1.165, 1.54) is 6.42 Å². The molecule has 0 atom stereocenters. The summed E-state index contributed by atoms with van der Waals surface area (Å²) in [5.41, 5.74) is -0.162. The minimum Gasteiger partial charge on any atom is -0.282 e. The van der Waals surface area contributed by atoms with Crippen LogP contribution in [-0.4, -0.2) is 10.2 Å². The molecule has 0 aliphatic heterocycles. The van der Waals surface area contributed by atoms with E-state index in [4.69, 9.17) is 0 Å². The fourth-order valence-electron chi connectivity index (χ4n) is 2.10. The van der Waals surface area contributed by atoms with E-state index in [1.54, 1.807) is 0 Å². The van der Waals surface area contributed by atoms with Gasteiger partial charge in [0.15, 0.2) is 5.69 Å². The number of alkyl halides is 3. The van der Waals surface area contributed by atoms with Gasteiger partial charge in [-0.05, 0) is 18.9 Å². The first-order valence-electron chi connectivity index (χ1n) is 5.20. The Balaban J connectivity index is 2.12. The number of nitrogens with one attached hydrogen (secondary N) is 1. The van der Waals surface area contributed by atoms with Gasteiger partial charge in [-0.1, -0.05) is 19.3 Å². The molecule has 5 heteroatoms. The van der Waals surface area contributed by atoms with Gasteiger partial charge in [0.25, 0.3) is 0 Å². The topological polar surface area (TPSA) is 28.7 Å². The molecule has 1 aromatic heterocycles. The molecular formula is C10H13F3N2. The normalized spacial score (nSPS) is 19.4. The highest BCUT2D eigenvalue weighted by molar-refractivity contribution is 5.15. The second-order valence-electron chi connectivity index (χ2n) is 4.04. The van der Waals surface area contributed by atoms with E-state index in [1.807, 2.05) is 0 Å². The zero-order valence-corrected chi connectivity index (χ0v) is 8.27. The number of hydrogen-bond donors (Lipinski definition) is 1. The second kappa shape index (κ2) is 3.87. The van der Waals surface area contributed by atoms with Crippen LogP contribution in [0.15, 0.2) is 6.07 Å². The predicted molar refractivity (Wildman–Crippen MR) is 49.4 cm³/mol. The molecule has 15 heavy (non-hydrogen) atoms. The Morgan fingerprint density at radius 3 is 2.40 bits per heavy atom. The first kappa shape index (κ1) is 10.5. The van der Waals surface area contributed by atoms with Crippen LogP contribution < -0.4 is 0 Å². The van der Waals surface area contributed by atoms with Crippen molar-refractivity contribution in [3.05, 3.63) is 17.5 Å². The van der Waals surface area contributed by atoms with E-state index in [9.17, 15) is 13.2 Å². The van der Waals surface area contributed by atoms with Crippen LogP contribution in [0.3, 0.4) is 0 Å². The molecule has 1 heterocycles. The summed E-state index contributed by atoms with van der Waals surface area (Å²) < 4.78 is 36.9. The van der Waals surface area contributed by atoms with Crippen LogP contribution in [0.5, 0.6) is 0 Å². The van der Waals surface area contributed by atoms with Gasteiger partial charge >= 0.3 is 6.18 Å². The number of halogens is 3. The lowest BCUT2D eigenvalue weighted by Gasteiger charge is -2.19. The van der Waals surface area contributed by atoms with Crippen LogP contribution in [-0.2, 0) is 6.18 Å². The molecule has 0 aromatic carbocycles. The molecule has 0 radical (unpaired) electrons. The number of aromatic nitrogens is 2. The lowest BCUT2D eigenvalue weighted by atomic mass is 9.87. The highest BCUT2D eigenvalue weighted by atomic mass is 19.4. The largest absolute Gasteiger partial charge is 0.435 e. The molecule has 1 saturated carbocycles. The Hall–Kier alpha value is -1.00. The number of hydrogen-bond acceptors (Lipinski definition) is 1. The van der Waals surface area contributed by atoms with Crippen molar-refractivity contribution < 1.29 is 13.2 Å². The number of nitrogens with zero attached hydrogens (tertiary/aromatic N) is 1. The molecule has 2 rings (SSSR count). The van der Waals surface area contributed by atoms with Crippen LogP contribution in [0.2, 0.25) is 0 Å². The molecule has 1 fully saturated rings. The van der Waals surface area contributed by atoms with Gasteiger partial charge in [0, 0.05) is 11.6 Å². The van der Waals surface area contributed by atoms with Crippen molar-refractivity contribution in [2.24, 2.45) is 0 Å². The van der Waals surface area contributed by atoms with E-state index in [-0.39, 0.29) is 5.92 Å². The maximum atomic E-state index is 12.3. The Morgan fingerprint density at radius 2 is 1.87 bits per heavy atom. The average molecular weight is 218 g/mol. The number of aromatic amines is 1. The van der Waals surface area contributed by atoms with Gasteiger partial charge in [-0.2, -0.15) is 18.3 Å². The SMILES string of the molecule is FC(F)(F)c1cc(C2CCCCC2)[nH]n1. The molecule has 84 valence electrons. The summed E-state index contributed by atoms with van der Waals surface area (Å²) in [4.78, 5) is 0. The van der Waals surface area contributed by atoms with Gasteiger partial charge in [-0.15, -0.1) is 0 Å². The number of H-pyrrole nitrogens is 1. The fourth-order valence-corrected chi connectivity index (χ4v) is 2.10. The molecule has 0 spiro atoms. The summed E-state index contributed by atoms with van der Waals surface area (Å²) in [6.45, 7) is 0. The third kappa shape index (κ3) is 2.33. The quantitative estimate of drug-likeness (QED) is 0.768. The summed E-state index contributed by atoms with van der Waals surface area (Å²) in [6.07, 6.45) is 1.01. The van der Waals surface area contributed by atoms with Crippen molar-refractivity contribution >= 4 is 0 Å². The summed E-state index contributed by atoms with van der Waals surface area (Å²) in [5, 5.41) is 5.82. The third-order valence-electron chi connectivity index (χ3n) is 2.93. The molecule has 1 aliphatic rings. The minimum absolute atomic E-state index is 0.238. The van der Waals surface area contributed by atoms with E-state index >= 15 is 0 Å². The molecule has 1 aliphatic carbocycles. The fraction of sp³-hybridized carbons (Fsp3) is 0.700. The van der Waals surface area contributed by atoms with Crippen LogP contribution in [0, 0.1) is 0 Å². The molecule has 0 unspecified atom stereocenters. The third-order valence-corrected chi connectivity index (χ3v) is 2.93. The van der Waals surface area contributed by atoms with Crippen molar-refractivity contribution in [1.82, 2.24) is 10.2 Å². The maximum Gasteiger partial charge on any atom is 0.435 e. The van der Waals surface area contributed by atoms with E-state index in [2.05, 4.69) is 10.2 Å². The van der Waals surface area contributed by atoms with E-state index in [0.29, 0.717) is 5.69 Å². The average Bonchev–Trinajstić information content (AvgIpc) is 2.67. The van der Waals surface area contributed by atoms with Gasteiger partial charge < -0.3 is 0 Å². The van der Waals surface area contributed by atoms with Gasteiger partial charge in [0.2, 0.25) is 0 Å². The zero-order valence-electron chi connectivity index (χ0n) is 8.27. The molecule has 1 N–H and O–H groups in total. The lowest BCUT2D eigenvalue weighted by molar-refractivity contribution is -0.141. The summed E-state index contributed by atoms with van der Waals surface area (Å²) >= 11 is 0. The molecule has 0 amide bonds. The molecular weight excluding hydrogens is 205 g/mol. The van der Waals surface area contributed by atoms with E-state index < -0.39 is 11.9 Å². The molecule has 0 bridgehead atoms. The molecule has 1 aromatic rings. The lowest BCUT2D eigenvalue weighted by Crippen LogP contribution is -2.05. The van der Waals surface area contributed by atoms with Crippen LogP contribution in [0.25, 0.3) is 0 Å². The highest BCUT2D eigenvalue weighted by Gasteiger charge is 2.34. The second-order valence-corrected chi connectivity index (χ2v) is 4.04. The Bertz CT molecular complexity index is 324. The zero-order chi connectivity index (χ0) is 10.9. The Morgan fingerprint density at radius 1 is 1.20 bits per heavy atom. The first-order valence-corrected chi connectivity index (χ1v) is 5.20. The van der Waals surface area contributed by atoms with Gasteiger partial charge in [0.1, 0.15) is 0 Å². The van der Waals surface area contributed by atoms with Crippen LogP contribution in [0.1, 0.15) is 49.4 Å². The maximum absolute atomic E-state index is 12.3. The Kier molecular flexibility index (Phi) is 2.71. The first-order chi connectivity index (χ1) is 7.07. The monoisotopic (exact) mass is 218 g/mol. The summed E-state index contributed by atoms with van der Waals surface area (Å²) in [5.74, 6) is 0.238. The highest BCUT2D eigenvalue weighted by Crippen LogP contribution is 2.34. The van der Waals surface area contributed by atoms with Crippen LogP contribution >= 0.6 is 0 Å². The standard InChI is InChI=1S/C10H13F3N2/c11-10(12,13)9-6-8(14-15-9)7-4-2-1-3-5-7/h6-7H,1-5H2,(H,14,15). The van der Waals surface area contributed by atoms with Crippen molar-refractivity contribution in [1.29, 1.82) is 0 Å². The summed E-state index contributed by atoms with van der Waals surface area (Å²) in [6, 6.07) is 1.15. The van der Waals surface area contributed by atoms with Crippen molar-refractivity contribution in [2.45, 2.75) is 44.2 Å². The summed E-state index contributed by atoms with van der Waals surface area (Å²) in [7, 11) is 0. The van der Waals surface area contributed by atoms with Gasteiger partial charge in [-0.25, -0.2) is 0 Å². The van der Waals surface area contributed by atoms with Gasteiger partial charge in [-0.3, -0.25) is 5.10 Å². The van der Waals surface area contributed by atoms with Crippen molar-refractivity contribution in [2.75, 3.05) is 0 Å². The smallest absolute Gasteiger partial charge is 0.282 e. The van der Waals surface area contributed by atoms with Crippen molar-refractivity contribution in [3.8, 4) is 0 Å². The van der Waals surface area contributed by atoms with Crippen LogP contribution in [0.4, 0.5) is 13.2 Å². The Labute approximate surface area is 85.9 Å². The molecule has 2 nitrogen and oxygen atoms in total.